The molecule has 0 radical (unpaired) electrons. The average molecular weight is 383 g/mol. The highest BCUT2D eigenvalue weighted by atomic mass is 16.5. The number of carbonyl (C=O) groups is 3. The number of rotatable bonds is 11. The zero-order chi connectivity index (χ0) is 20.4. The Bertz CT molecular complexity index is 666. The summed E-state index contributed by atoms with van der Waals surface area (Å²) in [4.78, 5) is 35.0. The molecule has 0 fully saturated rings. The number of hydrogen-bond acceptors (Lipinski definition) is 7. The maximum Gasteiger partial charge on any atom is 0.305 e. The monoisotopic (exact) mass is 383 g/mol. The Morgan fingerprint density at radius 2 is 1.85 bits per heavy atom. The van der Waals surface area contributed by atoms with Crippen molar-refractivity contribution in [3.05, 3.63) is 23.8 Å². The predicted molar refractivity (Wildman–Crippen MR) is 95.4 cm³/mol. The molecule has 10 heteroatoms. The maximum atomic E-state index is 12.4. The zero-order valence-corrected chi connectivity index (χ0v) is 15.5. The lowest BCUT2D eigenvalue weighted by Gasteiger charge is -2.20. The Morgan fingerprint density at radius 1 is 1.15 bits per heavy atom. The molecule has 0 aliphatic carbocycles. The smallest absolute Gasteiger partial charge is 0.305 e. The summed E-state index contributed by atoms with van der Waals surface area (Å²) >= 11 is 0. The topological polar surface area (TPSA) is 149 Å². The fourth-order valence-corrected chi connectivity index (χ4v) is 2.31. The molecule has 150 valence electrons. The van der Waals surface area contributed by atoms with Crippen LogP contribution >= 0.6 is 0 Å². The molecule has 0 aromatic heterocycles. The molecule has 0 aliphatic rings. The number of benzene rings is 1. The fraction of sp³-hybridized carbons (Fsp3) is 0.471. The van der Waals surface area contributed by atoms with Crippen LogP contribution in [0.25, 0.3) is 0 Å². The first-order chi connectivity index (χ1) is 12.8. The summed E-state index contributed by atoms with van der Waals surface area (Å²) in [5.41, 5.74) is 6.18. The van der Waals surface area contributed by atoms with Gasteiger partial charge in [0.15, 0.2) is 11.5 Å². The van der Waals surface area contributed by atoms with Gasteiger partial charge in [-0.15, -0.1) is 0 Å². The normalized spacial score (nSPS) is 12.6. The summed E-state index contributed by atoms with van der Waals surface area (Å²) in [5, 5.41) is 13.8. The number of para-hydroxylation sites is 1. The summed E-state index contributed by atoms with van der Waals surface area (Å²) in [7, 11) is 4.36. The largest absolute Gasteiger partial charge is 0.493 e. The molecule has 10 nitrogen and oxygen atoms in total. The first-order valence-electron chi connectivity index (χ1n) is 8.08. The van der Waals surface area contributed by atoms with E-state index in [-0.39, 0.29) is 13.2 Å². The molecule has 0 spiro atoms. The minimum absolute atomic E-state index is 0.105. The molecule has 0 saturated carbocycles. The van der Waals surface area contributed by atoms with Gasteiger partial charge < -0.3 is 35.7 Å². The number of aliphatic carboxylic acids is 1. The lowest BCUT2D eigenvalue weighted by Crippen LogP contribution is -2.53. The van der Waals surface area contributed by atoms with E-state index in [1.54, 1.807) is 18.2 Å². The number of methoxy groups -OCH3 is 3. The second-order valence-electron chi connectivity index (χ2n) is 5.59. The van der Waals surface area contributed by atoms with E-state index in [0.29, 0.717) is 17.1 Å². The van der Waals surface area contributed by atoms with Crippen LogP contribution in [0.15, 0.2) is 18.2 Å². The molecular weight excluding hydrogens is 358 g/mol. The van der Waals surface area contributed by atoms with Crippen molar-refractivity contribution in [3.63, 3.8) is 0 Å². The van der Waals surface area contributed by atoms with Gasteiger partial charge in [-0.25, -0.2) is 0 Å². The van der Waals surface area contributed by atoms with Crippen LogP contribution in [0.2, 0.25) is 0 Å². The number of nitrogens with one attached hydrogen (secondary N) is 2. The number of hydrogen-bond donors (Lipinski definition) is 4. The third-order valence-corrected chi connectivity index (χ3v) is 3.64. The van der Waals surface area contributed by atoms with Crippen LogP contribution in [0.3, 0.4) is 0 Å². The summed E-state index contributed by atoms with van der Waals surface area (Å²) in [6.07, 6.45) is -0.547. The van der Waals surface area contributed by atoms with Crippen molar-refractivity contribution in [2.45, 2.75) is 25.0 Å². The standard InChI is InChI=1S/C17H25N3O7/c1-25-9-12(20-16(23)11(18)7-14(21)22)17(24)19-8-10-5-4-6-13(26-2)15(10)27-3/h4-6,11-12H,7-9,18H2,1-3H3,(H,19,24)(H,20,23)(H,21,22). The maximum absolute atomic E-state index is 12.4. The van der Waals surface area contributed by atoms with Gasteiger partial charge in [-0.2, -0.15) is 0 Å². The van der Waals surface area contributed by atoms with Gasteiger partial charge in [-0.05, 0) is 6.07 Å². The highest BCUT2D eigenvalue weighted by molar-refractivity contribution is 5.91. The minimum atomic E-state index is -1.27. The Kier molecular flexibility index (Phi) is 9.03. The molecule has 2 atom stereocenters. The highest BCUT2D eigenvalue weighted by Gasteiger charge is 2.25. The van der Waals surface area contributed by atoms with Crippen LogP contribution in [-0.4, -0.2) is 62.9 Å². The molecule has 1 rings (SSSR count). The van der Waals surface area contributed by atoms with E-state index in [2.05, 4.69) is 10.6 Å². The first kappa shape index (κ1) is 22.2. The lowest BCUT2D eigenvalue weighted by atomic mass is 10.1. The summed E-state index contributed by atoms with van der Waals surface area (Å²) in [6, 6.07) is 2.94. The molecular formula is C17H25N3O7. The molecule has 27 heavy (non-hydrogen) atoms. The summed E-state index contributed by atoms with van der Waals surface area (Å²) in [6.45, 7) is 0.0169. The van der Waals surface area contributed by atoms with Crippen LogP contribution in [0.5, 0.6) is 11.5 Å². The van der Waals surface area contributed by atoms with E-state index < -0.39 is 36.3 Å². The second-order valence-corrected chi connectivity index (χ2v) is 5.59. The number of amides is 2. The van der Waals surface area contributed by atoms with Gasteiger partial charge in [0.25, 0.3) is 0 Å². The molecule has 2 unspecified atom stereocenters. The van der Waals surface area contributed by atoms with Gasteiger partial charge in [-0.1, -0.05) is 12.1 Å². The van der Waals surface area contributed by atoms with E-state index in [4.69, 9.17) is 25.1 Å². The average Bonchev–Trinajstić information content (AvgIpc) is 2.64. The van der Waals surface area contributed by atoms with E-state index in [1.165, 1.54) is 21.3 Å². The SMILES string of the molecule is COCC(NC(=O)C(N)CC(=O)O)C(=O)NCc1cccc(OC)c1OC. The van der Waals surface area contributed by atoms with Gasteiger partial charge in [-0.3, -0.25) is 14.4 Å². The van der Waals surface area contributed by atoms with Crippen LogP contribution in [0.4, 0.5) is 0 Å². The molecule has 1 aromatic rings. The molecule has 0 aliphatic heterocycles. The number of carbonyl (C=O) groups excluding carboxylic acids is 2. The van der Waals surface area contributed by atoms with Gasteiger partial charge in [0.2, 0.25) is 11.8 Å². The predicted octanol–water partition coefficient (Wildman–Crippen LogP) is -0.747. The Morgan fingerprint density at radius 3 is 2.41 bits per heavy atom. The van der Waals surface area contributed by atoms with Gasteiger partial charge in [0.05, 0.1) is 33.3 Å². The quantitative estimate of drug-likeness (QED) is 0.390. The summed E-state index contributed by atoms with van der Waals surface area (Å²) < 4.78 is 15.4. The van der Waals surface area contributed by atoms with Crippen LogP contribution < -0.4 is 25.8 Å². The molecule has 5 N–H and O–H groups in total. The van der Waals surface area contributed by atoms with Crippen molar-refractivity contribution in [2.24, 2.45) is 5.73 Å². The van der Waals surface area contributed by atoms with Crippen molar-refractivity contribution >= 4 is 17.8 Å². The van der Waals surface area contributed by atoms with Crippen molar-refractivity contribution in [1.29, 1.82) is 0 Å². The van der Waals surface area contributed by atoms with Gasteiger partial charge in [0.1, 0.15) is 6.04 Å². The second kappa shape index (κ2) is 11.0. The van der Waals surface area contributed by atoms with E-state index >= 15 is 0 Å². The van der Waals surface area contributed by atoms with Gasteiger partial charge in [0, 0.05) is 19.2 Å². The van der Waals surface area contributed by atoms with Gasteiger partial charge >= 0.3 is 5.97 Å². The van der Waals surface area contributed by atoms with Crippen molar-refractivity contribution in [3.8, 4) is 11.5 Å². The fourth-order valence-electron chi connectivity index (χ4n) is 2.31. The van der Waals surface area contributed by atoms with Crippen molar-refractivity contribution in [1.82, 2.24) is 10.6 Å². The molecule has 1 aromatic carbocycles. The highest BCUT2D eigenvalue weighted by Crippen LogP contribution is 2.30. The van der Waals surface area contributed by atoms with E-state index in [9.17, 15) is 14.4 Å². The number of nitrogens with two attached hydrogens (primary N) is 1. The third kappa shape index (κ3) is 6.76. The summed E-state index contributed by atoms with van der Waals surface area (Å²) in [5.74, 6) is -1.48. The molecule has 2 amide bonds. The van der Waals surface area contributed by atoms with Crippen molar-refractivity contribution in [2.75, 3.05) is 27.9 Å². The van der Waals surface area contributed by atoms with E-state index in [0.717, 1.165) is 0 Å². The lowest BCUT2D eigenvalue weighted by molar-refractivity contribution is -0.139. The Labute approximate surface area is 157 Å². The number of carboxylic acids is 1. The number of carboxylic acid groups (broad SMARTS) is 1. The van der Waals surface area contributed by atoms with Crippen LogP contribution in [-0.2, 0) is 25.7 Å². The van der Waals surface area contributed by atoms with Crippen molar-refractivity contribution < 1.29 is 33.7 Å². The van der Waals surface area contributed by atoms with Crippen LogP contribution in [0, 0.1) is 0 Å². The number of ether oxygens (including phenoxy) is 3. The zero-order valence-electron chi connectivity index (χ0n) is 15.5. The first-order valence-corrected chi connectivity index (χ1v) is 8.08. The van der Waals surface area contributed by atoms with Crippen LogP contribution in [0.1, 0.15) is 12.0 Å². The minimum Gasteiger partial charge on any atom is -0.493 e. The molecule has 0 bridgehead atoms. The van der Waals surface area contributed by atoms with E-state index in [1.807, 2.05) is 0 Å². The third-order valence-electron chi connectivity index (χ3n) is 3.64. The Hall–Kier alpha value is -2.85. The molecule has 0 saturated heterocycles. The Balaban J connectivity index is 2.76. The molecule has 0 heterocycles.